The Morgan fingerprint density at radius 3 is 2.47 bits per heavy atom. The van der Waals surface area contributed by atoms with Crippen LogP contribution >= 0.6 is 34.5 Å². The van der Waals surface area contributed by atoms with Gasteiger partial charge in [-0.2, -0.15) is 0 Å². The number of carbonyl (C=O) groups is 2. The number of anilines is 1. The van der Waals surface area contributed by atoms with Gasteiger partial charge < -0.3 is 13.9 Å². The van der Waals surface area contributed by atoms with Crippen molar-refractivity contribution in [2.24, 2.45) is 0 Å². The van der Waals surface area contributed by atoms with Crippen molar-refractivity contribution in [2.45, 2.75) is 6.92 Å². The molecule has 0 bridgehead atoms. The smallest absolute Gasteiger partial charge is 0.342 e. The number of ether oxygens (including phenoxy) is 2. The molecular formula is C22H16Cl2N2O5S. The van der Waals surface area contributed by atoms with E-state index in [0.717, 1.165) is 10.2 Å². The SMILES string of the molecule is COC(=O)c1c(C)oc(NC(=O)c2c(Cl)ccc(Cl)c2OC)c1-c1nc2ccccc2s1. The largest absolute Gasteiger partial charge is 0.494 e. The third-order valence-electron chi connectivity index (χ3n) is 4.70. The number of thiazole rings is 1. The minimum atomic E-state index is -0.623. The van der Waals surface area contributed by atoms with E-state index in [1.165, 1.54) is 37.7 Å². The van der Waals surface area contributed by atoms with Crippen LogP contribution in [0.1, 0.15) is 26.5 Å². The van der Waals surface area contributed by atoms with E-state index >= 15 is 0 Å². The summed E-state index contributed by atoms with van der Waals surface area (Å²) in [6.07, 6.45) is 0. The second-order valence-electron chi connectivity index (χ2n) is 6.61. The number of furan rings is 1. The second-order valence-corrected chi connectivity index (χ2v) is 8.45. The van der Waals surface area contributed by atoms with Gasteiger partial charge in [-0.05, 0) is 31.2 Å². The molecule has 0 spiro atoms. The molecule has 7 nitrogen and oxygen atoms in total. The highest BCUT2D eigenvalue weighted by Gasteiger charge is 2.30. The van der Waals surface area contributed by atoms with E-state index in [1.54, 1.807) is 6.92 Å². The molecule has 0 aliphatic rings. The quantitative estimate of drug-likeness (QED) is 0.334. The first-order valence-corrected chi connectivity index (χ1v) is 10.8. The molecule has 10 heteroatoms. The average Bonchev–Trinajstić information content (AvgIpc) is 3.34. The normalized spacial score (nSPS) is 10.9. The van der Waals surface area contributed by atoms with Crippen LogP contribution in [0, 0.1) is 6.92 Å². The van der Waals surface area contributed by atoms with Crippen LogP contribution in [0.4, 0.5) is 5.88 Å². The third-order valence-corrected chi connectivity index (χ3v) is 6.37. The van der Waals surface area contributed by atoms with Crippen molar-refractivity contribution in [3.05, 3.63) is 63.3 Å². The van der Waals surface area contributed by atoms with Gasteiger partial charge in [0.1, 0.15) is 21.9 Å². The van der Waals surface area contributed by atoms with E-state index in [0.29, 0.717) is 10.6 Å². The van der Waals surface area contributed by atoms with Gasteiger partial charge in [0.05, 0.1) is 40.0 Å². The Bertz CT molecular complexity index is 1330. The first kappa shape index (κ1) is 22.1. The van der Waals surface area contributed by atoms with Gasteiger partial charge in [-0.3, -0.25) is 10.1 Å². The minimum absolute atomic E-state index is 0.0325. The van der Waals surface area contributed by atoms with Crippen molar-refractivity contribution in [3.8, 4) is 16.3 Å². The molecule has 0 radical (unpaired) electrons. The zero-order valence-corrected chi connectivity index (χ0v) is 19.4. The Balaban J connectivity index is 1.86. The Morgan fingerprint density at radius 2 is 1.78 bits per heavy atom. The van der Waals surface area contributed by atoms with Crippen molar-refractivity contribution in [2.75, 3.05) is 19.5 Å². The number of esters is 1. The summed E-state index contributed by atoms with van der Waals surface area (Å²) in [5.41, 5.74) is 1.27. The van der Waals surface area contributed by atoms with Gasteiger partial charge in [-0.25, -0.2) is 9.78 Å². The van der Waals surface area contributed by atoms with Crippen LogP contribution < -0.4 is 10.1 Å². The summed E-state index contributed by atoms with van der Waals surface area (Å²) >= 11 is 13.8. The van der Waals surface area contributed by atoms with E-state index < -0.39 is 11.9 Å². The lowest BCUT2D eigenvalue weighted by molar-refractivity contribution is 0.0599. The number of rotatable bonds is 5. The number of amides is 1. The number of halogens is 2. The van der Waals surface area contributed by atoms with E-state index in [-0.39, 0.29) is 38.6 Å². The molecular weight excluding hydrogens is 475 g/mol. The molecule has 2 heterocycles. The minimum Gasteiger partial charge on any atom is -0.494 e. The van der Waals surface area contributed by atoms with E-state index in [1.807, 2.05) is 24.3 Å². The second kappa shape index (κ2) is 8.82. The first-order chi connectivity index (χ1) is 15.3. The summed E-state index contributed by atoms with van der Waals surface area (Å²) in [5, 5.41) is 3.53. The number of carbonyl (C=O) groups excluding carboxylic acids is 2. The van der Waals surface area contributed by atoms with Gasteiger partial charge in [-0.1, -0.05) is 35.3 Å². The number of nitrogens with zero attached hydrogens (tertiary/aromatic N) is 1. The van der Waals surface area contributed by atoms with Crippen LogP contribution in [-0.4, -0.2) is 31.1 Å². The third kappa shape index (κ3) is 3.81. The Kier molecular flexibility index (Phi) is 6.10. The van der Waals surface area contributed by atoms with Gasteiger partial charge in [0.15, 0.2) is 5.75 Å². The van der Waals surface area contributed by atoms with Crippen molar-refractivity contribution >= 4 is 62.5 Å². The van der Waals surface area contributed by atoms with Crippen molar-refractivity contribution in [1.82, 2.24) is 4.98 Å². The number of hydrogen-bond acceptors (Lipinski definition) is 7. The average molecular weight is 491 g/mol. The lowest BCUT2D eigenvalue weighted by atomic mass is 10.1. The molecule has 0 aliphatic carbocycles. The van der Waals surface area contributed by atoms with Crippen LogP contribution in [0.25, 0.3) is 20.8 Å². The summed E-state index contributed by atoms with van der Waals surface area (Å²) in [7, 11) is 2.65. The number of para-hydroxylation sites is 1. The Hall–Kier alpha value is -3.07. The topological polar surface area (TPSA) is 90.7 Å². The molecule has 0 saturated heterocycles. The van der Waals surface area contributed by atoms with Crippen LogP contribution in [0.15, 0.2) is 40.8 Å². The van der Waals surface area contributed by atoms with Crippen LogP contribution in [0.5, 0.6) is 5.75 Å². The van der Waals surface area contributed by atoms with E-state index in [4.69, 9.17) is 37.1 Å². The Morgan fingerprint density at radius 1 is 1.06 bits per heavy atom. The molecule has 4 rings (SSSR count). The molecule has 0 saturated carbocycles. The zero-order chi connectivity index (χ0) is 23.0. The first-order valence-electron chi connectivity index (χ1n) is 9.26. The number of aryl methyl sites for hydroxylation is 1. The number of methoxy groups -OCH3 is 2. The lowest BCUT2D eigenvalue weighted by Gasteiger charge is -2.12. The van der Waals surface area contributed by atoms with Gasteiger partial charge >= 0.3 is 5.97 Å². The molecule has 0 aliphatic heterocycles. The monoisotopic (exact) mass is 490 g/mol. The summed E-state index contributed by atoms with van der Waals surface area (Å²) < 4.78 is 16.9. The van der Waals surface area contributed by atoms with Crippen LogP contribution in [0.2, 0.25) is 10.0 Å². The van der Waals surface area contributed by atoms with Crippen molar-refractivity contribution in [1.29, 1.82) is 0 Å². The molecule has 4 aromatic rings. The molecule has 1 N–H and O–H groups in total. The molecule has 0 fully saturated rings. The maximum atomic E-state index is 13.2. The fourth-order valence-electron chi connectivity index (χ4n) is 3.27. The highest BCUT2D eigenvalue weighted by molar-refractivity contribution is 7.21. The lowest BCUT2D eigenvalue weighted by Crippen LogP contribution is -2.14. The molecule has 164 valence electrons. The maximum absolute atomic E-state index is 13.2. The highest BCUT2D eigenvalue weighted by Crippen LogP contribution is 2.41. The van der Waals surface area contributed by atoms with Crippen molar-refractivity contribution in [3.63, 3.8) is 0 Å². The number of benzene rings is 2. The number of hydrogen-bond donors (Lipinski definition) is 1. The van der Waals surface area contributed by atoms with Crippen LogP contribution in [0.3, 0.4) is 0 Å². The summed E-state index contributed by atoms with van der Waals surface area (Å²) in [6.45, 7) is 1.60. The summed E-state index contributed by atoms with van der Waals surface area (Å²) in [6, 6.07) is 10.5. The van der Waals surface area contributed by atoms with E-state index in [2.05, 4.69) is 10.3 Å². The standard InChI is InChI=1S/C22H16Cl2N2O5S/c1-10-15(22(28)30-3)17(21-25-13-6-4-5-7-14(13)32-21)20(31-10)26-19(27)16-11(23)8-9-12(24)18(16)29-2/h4-9H,1-3H3,(H,26,27). The molecule has 0 atom stereocenters. The highest BCUT2D eigenvalue weighted by atomic mass is 35.5. The fourth-order valence-corrected chi connectivity index (χ4v) is 4.76. The summed E-state index contributed by atoms with van der Waals surface area (Å²) in [4.78, 5) is 30.3. The predicted molar refractivity (Wildman–Crippen MR) is 124 cm³/mol. The van der Waals surface area contributed by atoms with Crippen LogP contribution in [-0.2, 0) is 4.74 Å². The zero-order valence-electron chi connectivity index (χ0n) is 17.1. The van der Waals surface area contributed by atoms with E-state index in [9.17, 15) is 9.59 Å². The maximum Gasteiger partial charge on any atom is 0.342 e. The number of aromatic nitrogens is 1. The van der Waals surface area contributed by atoms with Crippen molar-refractivity contribution < 1.29 is 23.5 Å². The van der Waals surface area contributed by atoms with Gasteiger partial charge in [0.2, 0.25) is 5.88 Å². The number of fused-ring (bicyclic) bond motifs is 1. The summed E-state index contributed by atoms with van der Waals surface area (Å²) in [5.74, 6) is -0.813. The predicted octanol–water partition coefficient (Wildman–Crippen LogP) is 6.22. The molecule has 32 heavy (non-hydrogen) atoms. The molecule has 2 aromatic carbocycles. The molecule has 0 unspecified atom stereocenters. The van der Waals surface area contributed by atoms with Gasteiger partial charge in [-0.15, -0.1) is 11.3 Å². The Labute approximate surface area is 196 Å². The fraction of sp³-hybridized carbons (Fsp3) is 0.136. The molecule has 2 aromatic heterocycles. The number of nitrogens with one attached hydrogen (secondary N) is 1. The van der Waals surface area contributed by atoms with Gasteiger partial charge in [0, 0.05) is 0 Å². The van der Waals surface area contributed by atoms with Gasteiger partial charge in [0.25, 0.3) is 5.91 Å². The molecule has 1 amide bonds.